The fourth-order valence-electron chi connectivity index (χ4n) is 1.21. The third kappa shape index (κ3) is 3.51. The molecule has 0 unspecified atom stereocenters. The largest absolute Gasteiger partial charge is 0.325 e. The molecule has 1 N–H and O–H groups in total. The molecular formula is C12H14BrNO. The fourth-order valence-corrected chi connectivity index (χ4v) is 1.72. The molecule has 0 atom stereocenters. The van der Waals surface area contributed by atoms with E-state index >= 15 is 0 Å². The van der Waals surface area contributed by atoms with E-state index in [1.807, 2.05) is 32.0 Å². The van der Waals surface area contributed by atoms with Crippen LogP contribution >= 0.6 is 15.9 Å². The molecule has 0 saturated heterocycles. The summed E-state index contributed by atoms with van der Waals surface area (Å²) in [5.41, 5.74) is 1.91. The maximum absolute atomic E-state index is 11.4. The first-order chi connectivity index (χ1) is 7.15. The molecular weight excluding hydrogens is 254 g/mol. The number of H-pyrrole nitrogens is 1. The van der Waals surface area contributed by atoms with Crippen molar-refractivity contribution in [2.24, 2.45) is 0 Å². The number of halogens is 1. The standard InChI is InChI=1S/C12H14BrNO/c1-3-10-12(13)9(2)7-5-4-6-8-11(15)14-10/h4-8H,3H2,1-2H3,(H,14,15). The van der Waals surface area contributed by atoms with Crippen LogP contribution in [0.25, 0.3) is 0 Å². The van der Waals surface area contributed by atoms with Crippen molar-refractivity contribution < 1.29 is 0 Å². The number of nitrogens with one attached hydrogen (secondary N) is 1. The second-order valence-electron chi connectivity index (χ2n) is 3.23. The van der Waals surface area contributed by atoms with Crippen molar-refractivity contribution in [3.8, 4) is 0 Å². The van der Waals surface area contributed by atoms with Gasteiger partial charge in [0.05, 0.1) is 0 Å². The maximum atomic E-state index is 11.4. The Morgan fingerprint density at radius 2 is 1.93 bits per heavy atom. The summed E-state index contributed by atoms with van der Waals surface area (Å²) in [4.78, 5) is 14.3. The van der Waals surface area contributed by atoms with E-state index in [1.54, 1.807) is 6.07 Å². The third-order valence-corrected chi connectivity index (χ3v) is 3.16. The normalized spacial score (nSPS) is 9.53. The van der Waals surface area contributed by atoms with Gasteiger partial charge in [-0.3, -0.25) is 4.79 Å². The first kappa shape index (κ1) is 12.0. The summed E-state index contributed by atoms with van der Waals surface area (Å²) < 4.78 is 0.957. The zero-order chi connectivity index (χ0) is 11.3. The first-order valence-corrected chi connectivity index (χ1v) is 5.66. The second-order valence-corrected chi connectivity index (χ2v) is 4.02. The van der Waals surface area contributed by atoms with Crippen molar-refractivity contribution in [1.29, 1.82) is 0 Å². The van der Waals surface area contributed by atoms with Crippen LogP contribution in [-0.4, -0.2) is 4.98 Å². The van der Waals surface area contributed by atoms with Gasteiger partial charge in [-0.1, -0.05) is 31.2 Å². The predicted octanol–water partition coefficient (Wildman–Crippen LogP) is 3.13. The minimum Gasteiger partial charge on any atom is -0.325 e. The Bertz CT molecular complexity index is 450. The van der Waals surface area contributed by atoms with E-state index in [2.05, 4.69) is 20.9 Å². The van der Waals surface area contributed by atoms with E-state index in [0.29, 0.717) is 0 Å². The Balaban J connectivity index is 3.60. The predicted molar refractivity (Wildman–Crippen MR) is 66.5 cm³/mol. The second kappa shape index (κ2) is 5.71. The van der Waals surface area contributed by atoms with Crippen LogP contribution in [0.15, 0.2) is 39.6 Å². The summed E-state index contributed by atoms with van der Waals surface area (Å²) in [6.07, 6.45) is 0.787. The number of aryl methyl sites for hydroxylation is 2. The zero-order valence-corrected chi connectivity index (χ0v) is 10.5. The van der Waals surface area contributed by atoms with Crippen molar-refractivity contribution in [1.82, 2.24) is 4.98 Å². The molecule has 0 aliphatic heterocycles. The molecule has 1 rings (SSSR count). The van der Waals surface area contributed by atoms with Gasteiger partial charge < -0.3 is 4.98 Å². The van der Waals surface area contributed by atoms with Crippen LogP contribution in [-0.2, 0) is 6.42 Å². The monoisotopic (exact) mass is 267 g/mol. The summed E-state index contributed by atoms with van der Waals surface area (Å²) in [5, 5.41) is 0. The number of rotatable bonds is 1. The van der Waals surface area contributed by atoms with Gasteiger partial charge in [0.15, 0.2) is 0 Å². The molecule has 1 aromatic heterocycles. The molecule has 3 heteroatoms. The molecule has 1 heterocycles. The van der Waals surface area contributed by atoms with E-state index in [1.165, 1.54) is 6.07 Å². The summed E-state index contributed by atoms with van der Waals surface area (Å²) in [6.45, 7) is 4.01. The van der Waals surface area contributed by atoms with E-state index in [9.17, 15) is 4.79 Å². The highest BCUT2D eigenvalue weighted by atomic mass is 79.9. The van der Waals surface area contributed by atoms with Crippen molar-refractivity contribution in [2.75, 3.05) is 0 Å². The SMILES string of the molecule is CCc1[nH]c(=O)cccccc(C)c1Br. The smallest absolute Gasteiger partial charge is 0.248 e. The van der Waals surface area contributed by atoms with Crippen LogP contribution in [0.5, 0.6) is 0 Å². The minimum atomic E-state index is -0.0943. The fraction of sp³-hybridized carbons (Fsp3) is 0.250. The first-order valence-electron chi connectivity index (χ1n) is 4.86. The summed E-state index contributed by atoms with van der Waals surface area (Å²) in [7, 11) is 0. The Morgan fingerprint density at radius 3 is 2.60 bits per heavy atom. The van der Waals surface area contributed by atoms with Crippen molar-refractivity contribution in [3.63, 3.8) is 0 Å². The maximum Gasteiger partial charge on any atom is 0.248 e. The summed E-state index contributed by atoms with van der Waals surface area (Å²) in [6, 6.07) is 8.99. The highest BCUT2D eigenvalue weighted by molar-refractivity contribution is 9.10. The number of hydrogen-bond donors (Lipinski definition) is 1. The van der Waals surface area contributed by atoms with Gasteiger partial charge in [-0.15, -0.1) is 0 Å². The van der Waals surface area contributed by atoms with Crippen molar-refractivity contribution in [2.45, 2.75) is 20.3 Å². The summed E-state index contributed by atoms with van der Waals surface area (Å²) >= 11 is 3.49. The topological polar surface area (TPSA) is 32.9 Å². The van der Waals surface area contributed by atoms with Crippen LogP contribution in [0, 0.1) is 6.92 Å². The molecule has 0 radical (unpaired) electrons. The lowest BCUT2D eigenvalue weighted by Crippen LogP contribution is -2.04. The lowest BCUT2D eigenvalue weighted by Gasteiger charge is -1.99. The number of aromatic amines is 1. The molecule has 15 heavy (non-hydrogen) atoms. The average molecular weight is 268 g/mol. The Kier molecular flexibility index (Phi) is 4.56. The number of hydrogen-bond acceptors (Lipinski definition) is 1. The zero-order valence-electron chi connectivity index (χ0n) is 8.88. The van der Waals surface area contributed by atoms with Gasteiger partial charge >= 0.3 is 0 Å². The lowest BCUT2D eigenvalue weighted by molar-refractivity contribution is 1.00. The van der Waals surface area contributed by atoms with Crippen molar-refractivity contribution >= 4 is 15.9 Å². The Hall–Kier alpha value is -1.09. The Labute approximate surface area is 97.8 Å². The van der Waals surface area contributed by atoms with Crippen LogP contribution in [0.2, 0.25) is 0 Å². The van der Waals surface area contributed by atoms with Crippen molar-refractivity contribution in [3.05, 3.63) is 56.4 Å². The minimum absolute atomic E-state index is 0.0943. The van der Waals surface area contributed by atoms with Gasteiger partial charge in [0.1, 0.15) is 0 Å². The van der Waals surface area contributed by atoms with Crippen LogP contribution in [0.1, 0.15) is 18.2 Å². The molecule has 2 nitrogen and oxygen atoms in total. The molecule has 0 bridgehead atoms. The van der Waals surface area contributed by atoms with E-state index in [-0.39, 0.29) is 5.56 Å². The van der Waals surface area contributed by atoms with Crippen LogP contribution < -0.4 is 5.56 Å². The van der Waals surface area contributed by atoms with Gasteiger partial charge in [-0.2, -0.15) is 0 Å². The molecule has 0 amide bonds. The molecule has 0 spiro atoms. The summed E-state index contributed by atoms with van der Waals surface area (Å²) in [5.74, 6) is 0. The molecule has 0 aliphatic rings. The van der Waals surface area contributed by atoms with E-state index < -0.39 is 0 Å². The van der Waals surface area contributed by atoms with E-state index in [0.717, 1.165) is 22.2 Å². The van der Waals surface area contributed by atoms with Crippen LogP contribution in [0.4, 0.5) is 0 Å². The van der Waals surface area contributed by atoms with Crippen LogP contribution in [0.3, 0.4) is 0 Å². The molecule has 0 aromatic carbocycles. The third-order valence-electron chi connectivity index (χ3n) is 2.05. The average Bonchev–Trinajstić information content (AvgIpc) is 2.23. The highest BCUT2D eigenvalue weighted by Gasteiger charge is 1.97. The lowest BCUT2D eigenvalue weighted by atomic mass is 10.2. The molecule has 80 valence electrons. The van der Waals surface area contributed by atoms with Gasteiger partial charge in [0.25, 0.3) is 0 Å². The number of aromatic nitrogens is 1. The van der Waals surface area contributed by atoms with Gasteiger partial charge in [0, 0.05) is 16.2 Å². The Morgan fingerprint density at radius 1 is 1.27 bits per heavy atom. The quantitative estimate of drug-likeness (QED) is 0.833. The van der Waals surface area contributed by atoms with E-state index in [4.69, 9.17) is 0 Å². The van der Waals surface area contributed by atoms with Gasteiger partial charge in [0.2, 0.25) is 5.56 Å². The molecule has 0 aliphatic carbocycles. The molecule has 1 aromatic rings. The molecule has 0 saturated carbocycles. The molecule has 0 fully saturated rings. The highest BCUT2D eigenvalue weighted by Crippen LogP contribution is 2.16. The van der Waals surface area contributed by atoms with Gasteiger partial charge in [-0.25, -0.2) is 0 Å². The van der Waals surface area contributed by atoms with Gasteiger partial charge in [-0.05, 0) is 34.8 Å².